The van der Waals surface area contributed by atoms with Crippen LogP contribution in [0.4, 0.5) is 5.82 Å². The van der Waals surface area contributed by atoms with E-state index in [0.29, 0.717) is 17.8 Å². The highest BCUT2D eigenvalue weighted by Gasteiger charge is 2.23. The molecular weight excluding hydrogens is 412 g/mol. The lowest BCUT2D eigenvalue weighted by Crippen LogP contribution is -2.35. The van der Waals surface area contributed by atoms with Crippen molar-refractivity contribution < 1.29 is 4.74 Å². The molecule has 0 aliphatic rings. The van der Waals surface area contributed by atoms with Gasteiger partial charge < -0.3 is 15.0 Å². The first-order chi connectivity index (χ1) is 15.9. The molecule has 0 spiro atoms. The van der Waals surface area contributed by atoms with Crippen LogP contribution in [0.5, 0.6) is 5.75 Å². The predicted molar refractivity (Wildman–Crippen MR) is 134 cm³/mol. The number of rotatable bonds is 8. The molecule has 1 aromatic heterocycles. The second-order valence-electron chi connectivity index (χ2n) is 8.51. The first kappa shape index (κ1) is 22.6. The van der Waals surface area contributed by atoms with E-state index >= 15 is 0 Å². The lowest BCUT2D eigenvalue weighted by molar-refractivity contribution is 0.274. The van der Waals surface area contributed by atoms with E-state index in [0.717, 1.165) is 16.7 Å². The molecule has 0 bridgehead atoms. The van der Waals surface area contributed by atoms with Gasteiger partial charge in [0.1, 0.15) is 12.4 Å². The second-order valence-corrected chi connectivity index (χ2v) is 8.51. The Morgan fingerprint density at radius 1 is 0.939 bits per heavy atom. The van der Waals surface area contributed by atoms with Crippen molar-refractivity contribution in [1.29, 1.82) is 0 Å². The van der Waals surface area contributed by atoms with Crippen molar-refractivity contribution in [2.45, 2.75) is 25.6 Å². The van der Waals surface area contributed by atoms with Crippen LogP contribution in [0.2, 0.25) is 0 Å². The van der Waals surface area contributed by atoms with Gasteiger partial charge in [-0.2, -0.15) is 5.10 Å². The van der Waals surface area contributed by atoms with E-state index in [1.165, 1.54) is 10.2 Å². The number of hydrogen-bond acceptors (Lipinski definition) is 5. The smallest absolute Gasteiger partial charge is 0.274 e. The van der Waals surface area contributed by atoms with E-state index in [2.05, 4.69) is 60.6 Å². The SMILES string of the molecule is CC(Nc1nn(C)c(=O)c2ccccc12)C(c1ccc(OCc2ccccc2)cc1)N(C)C. The Bertz CT molecular complexity index is 1270. The molecule has 0 amide bonds. The minimum Gasteiger partial charge on any atom is -0.489 e. The van der Waals surface area contributed by atoms with Crippen LogP contribution in [0.15, 0.2) is 83.7 Å². The molecule has 0 saturated heterocycles. The summed E-state index contributed by atoms with van der Waals surface area (Å²) < 4.78 is 7.33. The molecule has 1 N–H and O–H groups in total. The van der Waals surface area contributed by atoms with Gasteiger partial charge in [0.2, 0.25) is 0 Å². The van der Waals surface area contributed by atoms with Crippen LogP contribution in [0, 0.1) is 0 Å². The normalized spacial score (nSPS) is 13.1. The summed E-state index contributed by atoms with van der Waals surface area (Å²) in [4.78, 5) is 14.6. The zero-order valence-electron chi connectivity index (χ0n) is 19.5. The highest BCUT2D eigenvalue weighted by molar-refractivity contribution is 5.91. The van der Waals surface area contributed by atoms with Crippen LogP contribution in [0.1, 0.15) is 24.1 Å². The number of nitrogens with zero attached hydrogens (tertiary/aromatic N) is 3. The first-order valence-electron chi connectivity index (χ1n) is 11.1. The molecule has 2 unspecified atom stereocenters. The maximum atomic E-state index is 12.5. The fourth-order valence-corrected chi connectivity index (χ4v) is 4.24. The van der Waals surface area contributed by atoms with Gasteiger partial charge in [0, 0.05) is 18.5 Å². The number of aromatic nitrogens is 2. The predicted octanol–water partition coefficient (Wildman–Crippen LogP) is 4.62. The average Bonchev–Trinajstić information content (AvgIpc) is 2.82. The van der Waals surface area contributed by atoms with Crippen molar-refractivity contribution >= 4 is 16.6 Å². The van der Waals surface area contributed by atoms with Crippen molar-refractivity contribution in [2.24, 2.45) is 7.05 Å². The van der Waals surface area contributed by atoms with E-state index in [1.807, 2.05) is 54.6 Å². The van der Waals surface area contributed by atoms with Gasteiger partial charge in [-0.25, -0.2) is 4.68 Å². The second kappa shape index (κ2) is 9.88. The van der Waals surface area contributed by atoms with Crippen molar-refractivity contribution in [2.75, 3.05) is 19.4 Å². The largest absolute Gasteiger partial charge is 0.489 e. The fraction of sp³-hybridized carbons (Fsp3) is 0.259. The van der Waals surface area contributed by atoms with Gasteiger partial charge in [-0.3, -0.25) is 4.79 Å². The lowest BCUT2D eigenvalue weighted by Gasteiger charge is -2.32. The van der Waals surface area contributed by atoms with E-state index in [1.54, 1.807) is 7.05 Å². The molecule has 0 aliphatic carbocycles. The molecule has 33 heavy (non-hydrogen) atoms. The van der Waals surface area contributed by atoms with Crippen LogP contribution in [-0.4, -0.2) is 34.8 Å². The van der Waals surface area contributed by atoms with Gasteiger partial charge in [0.05, 0.1) is 11.4 Å². The van der Waals surface area contributed by atoms with Crippen molar-refractivity contribution in [3.63, 3.8) is 0 Å². The molecule has 6 nitrogen and oxygen atoms in total. The molecule has 0 fully saturated rings. The molecule has 3 aromatic carbocycles. The Labute approximate surface area is 194 Å². The Balaban J connectivity index is 1.53. The molecule has 170 valence electrons. The number of hydrogen-bond donors (Lipinski definition) is 1. The van der Waals surface area contributed by atoms with E-state index in [4.69, 9.17) is 4.74 Å². The summed E-state index contributed by atoms with van der Waals surface area (Å²) in [5.41, 5.74) is 2.21. The molecule has 1 heterocycles. The summed E-state index contributed by atoms with van der Waals surface area (Å²) in [6.45, 7) is 2.67. The quantitative estimate of drug-likeness (QED) is 0.432. The van der Waals surface area contributed by atoms with Crippen LogP contribution in [0.3, 0.4) is 0 Å². The molecule has 0 aliphatic heterocycles. The zero-order chi connectivity index (χ0) is 23.4. The minimum atomic E-state index is -0.0981. The Kier molecular flexibility index (Phi) is 6.75. The first-order valence-corrected chi connectivity index (χ1v) is 11.1. The number of anilines is 1. The van der Waals surface area contributed by atoms with Gasteiger partial charge in [-0.15, -0.1) is 0 Å². The number of likely N-dealkylation sites (N-methyl/N-ethyl adjacent to an activating group) is 1. The van der Waals surface area contributed by atoms with Gasteiger partial charge >= 0.3 is 0 Å². The van der Waals surface area contributed by atoms with Gasteiger partial charge in [-0.05, 0) is 50.3 Å². The number of ether oxygens (including phenoxy) is 1. The zero-order valence-corrected chi connectivity index (χ0v) is 19.5. The molecular formula is C27H30N4O2. The van der Waals surface area contributed by atoms with E-state index in [9.17, 15) is 4.79 Å². The van der Waals surface area contributed by atoms with Crippen LogP contribution in [-0.2, 0) is 13.7 Å². The lowest BCUT2D eigenvalue weighted by atomic mass is 9.99. The van der Waals surface area contributed by atoms with E-state index < -0.39 is 0 Å². The third kappa shape index (κ3) is 5.07. The molecule has 2 atom stereocenters. The molecule has 6 heteroatoms. The summed E-state index contributed by atoms with van der Waals surface area (Å²) >= 11 is 0. The number of nitrogens with one attached hydrogen (secondary N) is 1. The number of fused-ring (bicyclic) bond motifs is 1. The Hall–Kier alpha value is -3.64. The highest BCUT2D eigenvalue weighted by atomic mass is 16.5. The average molecular weight is 443 g/mol. The summed E-state index contributed by atoms with van der Waals surface area (Å²) in [7, 11) is 5.81. The highest BCUT2D eigenvalue weighted by Crippen LogP contribution is 2.28. The van der Waals surface area contributed by atoms with Crippen molar-refractivity contribution in [3.05, 3.63) is 100 Å². The van der Waals surface area contributed by atoms with Crippen LogP contribution >= 0.6 is 0 Å². The molecule has 4 aromatic rings. The maximum Gasteiger partial charge on any atom is 0.274 e. The summed E-state index contributed by atoms with van der Waals surface area (Å²) in [5, 5.41) is 9.54. The van der Waals surface area contributed by atoms with E-state index in [-0.39, 0.29) is 17.6 Å². The summed E-state index contributed by atoms with van der Waals surface area (Å²) in [6, 6.07) is 26.1. The standard InChI is InChI=1S/C27H30N4O2/c1-19(28-26-23-12-8-9-13-24(23)27(32)31(4)29-26)25(30(2)3)21-14-16-22(17-15-21)33-18-20-10-6-5-7-11-20/h5-17,19,25H,18H2,1-4H3,(H,28,29). The summed E-state index contributed by atoms with van der Waals surface area (Å²) in [5.74, 6) is 1.54. The molecule has 0 radical (unpaired) electrons. The van der Waals surface area contributed by atoms with Gasteiger partial charge in [0.15, 0.2) is 5.82 Å². The molecule has 4 rings (SSSR count). The monoisotopic (exact) mass is 442 g/mol. The summed E-state index contributed by atoms with van der Waals surface area (Å²) in [6.07, 6.45) is 0. The number of aryl methyl sites for hydroxylation is 1. The van der Waals surface area contributed by atoms with Gasteiger partial charge in [-0.1, -0.05) is 60.7 Å². The Morgan fingerprint density at radius 2 is 1.58 bits per heavy atom. The van der Waals surface area contributed by atoms with Crippen LogP contribution in [0.25, 0.3) is 10.8 Å². The van der Waals surface area contributed by atoms with Gasteiger partial charge in [0.25, 0.3) is 5.56 Å². The third-order valence-electron chi connectivity index (χ3n) is 5.82. The minimum absolute atomic E-state index is 0.0319. The topological polar surface area (TPSA) is 59.4 Å². The van der Waals surface area contributed by atoms with Crippen molar-refractivity contribution in [3.8, 4) is 5.75 Å². The molecule has 0 saturated carbocycles. The Morgan fingerprint density at radius 3 is 2.24 bits per heavy atom. The maximum absolute atomic E-state index is 12.5. The third-order valence-corrected chi connectivity index (χ3v) is 5.82. The van der Waals surface area contributed by atoms with Crippen molar-refractivity contribution in [1.82, 2.24) is 14.7 Å². The number of benzene rings is 3. The fourth-order valence-electron chi connectivity index (χ4n) is 4.24. The van der Waals surface area contributed by atoms with Crippen LogP contribution < -0.4 is 15.6 Å².